The number of nitrogens with zero attached hydrogens (tertiary/aromatic N) is 1. The van der Waals surface area contributed by atoms with Crippen LogP contribution < -0.4 is 0 Å². The first-order valence-corrected chi connectivity index (χ1v) is 7.27. The van der Waals surface area contributed by atoms with E-state index in [2.05, 4.69) is 4.40 Å². The number of hydrogen-bond donors (Lipinski definition) is 0. The fourth-order valence-corrected chi connectivity index (χ4v) is 4.54. The summed E-state index contributed by atoms with van der Waals surface area (Å²) in [6.45, 7) is 0. The summed E-state index contributed by atoms with van der Waals surface area (Å²) in [6.07, 6.45) is 1.81. The molecular weight excluding hydrogens is 238 g/mol. The Balaban J connectivity index is 2.63. The van der Waals surface area contributed by atoms with E-state index in [1.807, 2.05) is 12.3 Å². The van der Waals surface area contributed by atoms with E-state index in [9.17, 15) is 8.42 Å². The van der Waals surface area contributed by atoms with Crippen LogP contribution in [-0.2, 0) is 10.0 Å². The second-order valence-electron chi connectivity index (χ2n) is 2.59. The van der Waals surface area contributed by atoms with Crippen molar-refractivity contribution < 1.29 is 8.42 Å². The van der Waals surface area contributed by atoms with Crippen molar-refractivity contribution in [1.82, 2.24) is 0 Å². The molecule has 0 unspecified atom stereocenters. The predicted octanol–water partition coefficient (Wildman–Crippen LogP) is 2.20. The summed E-state index contributed by atoms with van der Waals surface area (Å²) in [6, 6.07) is 6.90. The normalized spacial score (nSPS) is 18.5. The topological polar surface area (TPSA) is 46.5 Å². The van der Waals surface area contributed by atoms with E-state index in [4.69, 9.17) is 0 Å². The van der Waals surface area contributed by atoms with E-state index < -0.39 is 10.0 Å². The highest BCUT2D eigenvalue weighted by Gasteiger charge is 2.24. The number of thioether (sulfide) groups is 2. The number of rotatable bonds is 0. The van der Waals surface area contributed by atoms with Crippen molar-refractivity contribution in [2.45, 2.75) is 9.79 Å². The van der Waals surface area contributed by atoms with Gasteiger partial charge in [-0.3, -0.25) is 0 Å². The summed E-state index contributed by atoms with van der Waals surface area (Å²) in [5.74, 6) is 0. The summed E-state index contributed by atoms with van der Waals surface area (Å²) in [7, 11) is -3.46. The minimum Gasteiger partial charge on any atom is -0.199 e. The van der Waals surface area contributed by atoms with Gasteiger partial charge < -0.3 is 0 Å². The zero-order chi connectivity index (χ0) is 10.2. The highest BCUT2D eigenvalue weighted by atomic mass is 32.2. The van der Waals surface area contributed by atoms with Gasteiger partial charge in [-0.1, -0.05) is 23.9 Å². The molecule has 6 heteroatoms. The van der Waals surface area contributed by atoms with Crippen molar-refractivity contribution in [2.75, 3.05) is 6.26 Å². The van der Waals surface area contributed by atoms with Crippen LogP contribution in [0.15, 0.2) is 38.5 Å². The second-order valence-corrected chi connectivity index (χ2v) is 6.24. The number of benzene rings is 1. The molecule has 0 aromatic heterocycles. The predicted molar refractivity (Wildman–Crippen MR) is 60.4 cm³/mol. The summed E-state index contributed by atoms with van der Waals surface area (Å²) < 4.78 is 27.5. The molecule has 0 saturated carbocycles. The molecule has 0 saturated heterocycles. The van der Waals surface area contributed by atoms with Gasteiger partial charge in [-0.15, -0.1) is 16.2 Å². The lowest BCUT2D eigenvalue weighted by Gasteiger charge is -2.12. The zero-order valence-corrected chi connectivity index (χ0v) is 9.75. The summed E-state index contributed by atoms with van der Waals surface area (Å²) >= 11 is 2.74. The van der Waals surface area contributed by atoms with Crippen LogP contribution in [0, 0.1) is 0 Å². The molecule has 0 atom stereocenters. The third kappa shape index (κ3) is 1.69. The van der Waals surface area contributed by atoms with E-state index in [-0.39, 0.29) is 0 Å². The van der Waals surface area contributed by atoms with Gasteiger partial charge in [0.1, 0.15) is 9.27 Å². The lowest BCUT2D eigenvalue weighted by molar-refractivity contribution is 0.596. The average molecular weight is 245 g/mol. The lowest BCUT2D eigenvalue weighted by Crippen LogP contribution is -2.06. The van der Waals surface area contributed by atoms with E-state index in [0.29, 0.717) is 9.27 Å². The second kappa shape index (κ2) is 3.60. The summed E-state index contributed by atoms with van der Waals surface area (Å²) in [4.78, 5) is 1.06. The van der Waals surface area contributed by atoms with Crippen LogP contribution in [0.2, 0.25) is 0 Å². The van der Waals surface area contributed by atoms with Gasteiger partial charge in [0.2, 0.25) is 0 Å². The van der Waals surface area contributed by atoms with Crippen molar-refractivity contribution >= 4 is 37.9 Å². The van der Waals surface area contributed by atoms with Gasteiger partial charge in [0.25, 0.3) is 10.0 Å². The summed E-state index contributed by atoms with van der Waals surface area (Å²) in [5.41, 5.74) is 0. The maximum atomic E-state index is 11.6. The molecule has 1 aromatic carbocycles. The molecule has 3 nitrogen and oxygen atoms in total. The maximum Gasteiger partial charge on any atom is 0.284 e. The van der Waals surface area contributed by atoms with Crippen LogP contribution in [0.3, 0.4) is 0 Å². The monoisotopic (exact) mass is 245 g/mol. The number of sulfonamides is 1. The Labute approximate surface area is 91.1 Å². The minimum absolute atomic E-state index is 0.308. The minimum atomic E-state index is -3.46. The Morgan fingerprint density at radius 2 is 2.07 bits per heavy atom. The molecule has 0 aliphatic carbocycles. The van der Waals surface area contributed by atoms with Gasteiger partial charge in [0.05, 0.1) is 0 Å². The Bertz CT molecular complexity index is 493. The lowest BCUT2D eigenvalue weighted by atomic mass is 10.4. The highest BCUT2D eigenvalue weighted by Crippen LogP contribution is 2.36. The molecule has 0 N–H and O–H groups in total. The fourth-order valence-electron chi connectivity index (χ4n) is 1.09. The molecule has 0 fully saturated rings. The largest absolute Gasteiger partial charge is 0.284 e. The SMILES string of the molecule is CSC1=NS(=O)(=O)c2ccccc2S1. The first-order valence-electron chi connectivity index (χ1n) is 3.79. The Hall–Kier alpha value is -0.460. The van der Waals surface area contributed by atoms with Crippen LogP contribution in [0.1, 0.15) is 0 Å². The van der Waals surface area contributed by atoms with Crippen LogP contribution in [-0.4, -0.2) is 19.0 Å². The maximum absolute atomic E-state index is 11.6. The standard InChI is InChI=1S/C8H7NO2S3/c1-12-8-9-14(10,11)7-5-3-2-4-6(7)13-8/h2-5H,1H3. The molecule has 0 spiro atoms. The fraction of sp³-hybridized carbons (Fsp3) is 0.125. The Morgan fingerprint density at radius 1 is 1.36 bits per heavy atom. The van der Waals surface area contributed by atoms with E-state index in [1.165, 1.54) is 23.5 Å². The van der Waals surface area contributed by atoms with Crippen LogP contribution in [0.5, 0.6) is 0 Å². The van der Waals surface area contributed by atoms with Crippen molar-refractivity contribution in [2.24, 2.45) is 4.40 Å². The van der Waals surface area contributed by atoms with E-state index >= 15 is 0 Å². The van der Waals surface area contributed by atoms with E-state index in [0.717, 1.165) is 4.90 Å². The number of fused-ring (bicyclic) bond motifs is 1. The third-order valence-corrected chi connectivity index (χ3v) is 5.42. The quantitative estimate of drug-likeness (QED) is 0.703. The molecule has 2 rings (SSSR count). The van der Waals surface area contributed by atoms with Gasteiger partial charge in [0.15, 0.2) is 0 Å². The molecule has 0 radical (unpaired) electrons. The smallest absolute Gasteiger partial charge is 0.199 e. The van der Waals surface area contributed by atoms with Gasteiger partial charge >= 0.3 is 0 Å². The molecule has 0 bridgehead atoms. The van der Waals surface area contributed by atoms with Gasteiger partial charge in [-0.25, -0.2) is 0 Å². The molecule has 1 aromatic rings. The van der Waals surface area contributed by atoms with Crippen molar-refractivity contribution in [3.8, 4) is 0 Å². The molecule has 0 amide bonds. The molecule has 74 valence electrons. The summed E-state index contributed by atoms with van der Waals surface area (Å²) in [5, 5.41) is 0. The van der Waals surface area contributed by atoms with Crippen LogP contribution in [0.25, 0.3) is 0 Å². The Morgan fingerprint density at radius 3 is 2.79 bits per heavy atom. The van der Waals surface area contributed by atoms with Crippen LogP contribution in [0.4, 0.5) is 0 Å². The Kier molecular flexibility index (Phi) is 2.59. The van der Waals surface area contributed by atoms with Crippen molar-refractivity contribution in [3.63, 3.8) is 0 Å². The zero-order valence-electron chi connectivity index (χ0n) is 7.30. The molecule has 14 heavy (non-hydrogen) atoms. The first kappa shape index (κ1) is 10.1. The van der Waals surface area contributed by atoms with Gasteiger partial charge in [-0.2, -0.15) is 8.42 Å². The molecule has 1 aliphatic rings. The first-order chi connectivity index (χ1) is 6.63. The average Bonchev–Trinajstić information content (AvgIpc) is 2.17. The highest BCUT2D eigenvalue weighted by molar-refractivity contribution is 8.39. The van der Waals surface area contributed by atoms with Crippen LogP contribution >= 0.6 is 23.5 Å². The van der Waals surface area contributed by atoms with Gasteiger partial charge in [0, 0.05) is 4.90 Å². The third-order valence-electron chi connectivity index (χ3n) is 1.69. The number of hydrogen-bond acceptors (Lipinski definition) is 4. The van der Waals surface area contributed by atoms with Crippen molar-refractivity contribution in [3.05, 3.63) is 24.3 Å². The van der Waals surface area contributed by atoms with Gasteiger partial charge in [-0.05, 0) is 18.4 Å². The van der Waals surface area contributed by atoms with E-state index in [1.54, 1.807) is 18.2 Å². The molecule has 1 aliphatic heterocycles. The molecule has 1 heterocycles. The molecular formula is C8H7NO2S3. The van der Waals surface area contributed by atoms with Crippen molar-refractivity contribution in [1.29, 1.82) is 0 Å².